The highest BCUT2D eigenvalue weighted by Gasteiger charge is 2.51. The molecular formula is C20H33N3O8. The summed E-state index contributed by atoms with van der Waals surface area (Å²) in [5.41, 5.74) is 1.06. The van der Waals surface area contributed by atoms with Crippen LogP contribution in [-0.2, 0) is 14.3 Å². The first-order valence-electron chi connectivity index (χ1n) is 10.5. The van der Waals surface area contributed by atoms with E-state index < -0.39 is 42.6 Å². The van der Waals surface area contributed by atoms with Crippen molar-refractivity contribution in [2.45, 2.75) is 69.5 Å². The summed E-state index contributed by atoms with van der Waals surface area (Å²) in [5.74, 6) is -1.24. The highest BCUT2D eigenvalue weighted by molar-refractivity contribution is 5.83. The van der Waals surface area contributed by atoms with Gasteiger partial charge in [-0.1, -0.05) is 11.6 Å². The van der Waals surface area contributed by atoms with Crippen LogP contribution in [0.15, 0.2) is 11.6 Å². The Hall–Kier alpha value is -1.76. The molecule has 0 bridgehead atoms. The fourth-order valence-electron chi connectivity index (χ4n) is 4.53. The average molecular weight is 443 g/mol. The molecular weight excluding hydrogens is 410 g/mol. The van der Waals surface area contributed by atoms with Gasteiger partial charge in [0.25, 0.3) is 0 Å². The van der Waals surface area contributed by atoms with E-state index in [0.29, 0.717) is 13.0 Å². The second kappa shape index (κ2) is 9.80. The summed E-state index contributed by atoms with van der Waals surface area (Å²) < 4.78 is 10.5. The van der Waals surface area contributed by atoms with Gasteiger partial charge in [0, 0.05) is 13.1 Å². The second-order valence-electron chi connectivity index (χ2n) is 8.76. The third kappa shape index (κ3) is 5.18. The largest absolute Gasteiger partial charge is 0.481 e. The van der Waals surface area contributed by atoms with Gasteiger partial charge in [-0.05, 0) is 26.7 Å². The number of hydrogen-bond donors (Lipinski definition) is 6. The van der Waals surface area contributed by atoms with Gasteiger partial charge < -0.3 is 44.8 Å². The summed E-state index contributed by atoms with van der Waals surface area (Å²) in [5, 5.41) is 57.5. The summed E-state index contributed by atoms with van der Waals surface area (Å²) in [7, 11) is 0. The van der Waals surface area contributed by atoms with Crippen molar-refractivity contribution in [2.75, 3.05) is 26.3 Å². The molecule has 6 N–H and O–H groups in total. The van der Waals surface area contributed by atoms with E-state index in [-0.39, 0.29) is 44.2 Å². The van der Waals surface area contributed by atoms with E-state index >= 15 is 0 Å². The van der Waals surface area contributed by atoms with E-state index in [0.717, 1.165) is 5.57 Å². The summed E-state index contributed by atoms with van der Waals surface area (Å²) in [4.78, 5) is 15.2. The fourth-order valence-corrected chi connectivity index (χ4v) is 4.53. The summed E-state index contributed by atoms with van der Waals surface area (Å²) in [6, 6.07) is -0.464. The van der Waals surface area contributed by atoms with Crippen LogP contribution in [0, 0.1) is 11.3 Å². The second-order valence-corrected chi connectivity index (χ2v) is 8.76. The molecule has 0 saturated carbocycles. The molecule has 0 aliphatic carbocycles. The number of aliphatic hydroxyl groups is 4. The van der Waals surface area contributed by atoms with Crippen LogP contribution in [0.1, 0.15) is 26.7 Å². The first-order chi connectivity index (χ1) is 14.6. The molecule has 31 heavy (non-hydrogen) atoms. The van der Waals surface area contributed by atoms with Crippen LogP contribution in [0.3, 0.4) is 0 Å². The molecule has 0 spiro atoms. The molecule has 3 rings (SSSR count). The van der Waals surface area contributed by atoms with Crippen LogP contribution in [0.5, 0.6) is 0 Å². The molecule has 11 nitrogen and oxygen atoms in total. The quantitative estimate of drug-likeness (QED) is 0.244. The number of fused-ring (bicyclic) bond motifs is 1. The van der Waals surface area contributed by atoms with Crippen LogP contribution in [-0.4, -0.2) is 116 Å². The van der Waals surface area contributed by atoms with Gasteiger partial charge >= 0.3 is 5.97 Å². The zero-order chi connectivity index (χ0) is 22.9. The molecule has 0 aromatic rings. The number of carboxylic acid groups (broad SMARTS) is 1. The predicted molar refractivity (Wildman–Crippen MR) is 108 cm³/mol. The van der Waals surface area contributed by atoms with Gasteiger partial charge in [0.05, 0.1) is 37.3 Å². The van der Waals surface area contributed by atoms with Crippen molar-refractivity contribution < 1.29 is 39.8 Å². The van der Waals surface area contributed by atoms with Crippen molar-refractivity contribution in [3.05, 3.63) is 11.6 Å². The third-order valence-corrected chi connectivity index (χ3v) is 6.09. The lowest BCUT2D eigenvalue weighted by Crippen LogP contribution is -2.53. The molecule has 0 radical (unpaired) electrons. The number of hydrogen-bond acceptors (Lipinski definition) is 8. The highest BCUT2D eigenvalue weighted by Crippen LogP contribution is 2.37. The van der Waals surface area contributed by atoms with Crippen LogP contribution >= 0.6 is 0 Å². The minimum atomic E-state index is -1.39. The monoisotopic (exact) mass is 443 g/mol. The van der Waals surface area contributed by atoms with Gasteiger partial charge in [-0.25, -0.2) is 0 Å². The predicted octanol–water partition coefficient (Wildman–Crippen LogP) is -1.45. The number of rotatable bonds is 8. The Morgan fingerprint density at radius 2 is 2.03 bits per heavy atom. The van der Waals surface area contributed by atoms with E-state index in [9.17, 15) is 30.3 Å². The first kappa shape index (κ1) is 23.9. The Kier molecular flexibility index (Phi) is 7.55. The van der Waals surface area contributed by atoms with Crippen LogP contribution in [0.4, 0.5) is 0 Å². The van der Waals surface area contributed by atoms with Crippen molar-refractivity contribution >= 4 is 11.9 Å². The normalized spacial score (nSPS) is 36.5. The summed E-state index contributed by atoms with van der Waals surface area (Å²) in [6.07, 6.45) is -3.23. The van der Waals surface area contributed by atoms with Gasteiger partial charge in [0.1, 0.15) is 18.3 Å². The van der Waals surface area contributed by atoms with Crippen molar-refractivity contribution in [2.24, 2.45) is 5.92 Å². The number of ether oxygens (including phenoxy) is 2. The Balaban J connectivity index is 1.52. The average Bonchev–Trinajstić information content (AvgIpc) is 3.19. The van der Waals surface area contributed by atoms with Crippen LogP contribution in [0.2, 0.25) is 0 Å². The van der Waals surface area contributed by atoms with E-state index in [1.807, 2.05) is 24.8 Å². The molecule has 3 saturated heterocycles. The van der Waals surface area contributed by atoms with Gasteiger partial charge in [-0.15, -0.1) is 0 Å². The SMILES string of the molecule is CC(C)=C[C@@H]1C[C@@H](C(=O)O)[C@@H]2CN(C[C@@H](O)CCO[C@H]3OC[C@@H](O)[C@H](O)[C@H]3O)C(=N)N12. The molecule has 8 atom stereocenters. The summed E-state index contributed by atoms with van der Waals surface area (Å²) >= 11 is 0. The summed E-state index contributed by atoms with van der Waals surface area (Å²) in [6.45, 7) is 4.27. The zero-order valence-electron chi connectivity index (χ0n) is 17.8. The standard InChI is InChI=1S/C20H33N3O8/c1-10(2)5-11-6-13(18(28)29)14-8-22(20(21)23(11)14)7-12(24)3-4-30-19-17(27)16(26)15(25)9-31-19/h5,11-17,19,21,24-27H,3-4,6-9H2,1-2H3,(H,28,29)/t11-,12+,13-,14+,15-,16+,17-,19+/m1/s1. The maximum Gasteiger partial charge on any atom is 0.308 e. The molecule has 0 amide bonds. The maximum absolute atomic E-state index is 11.7. The number of allylic oxidation sites excluding steroid dienone is 1. The lowest BCUT2D eigenvalue weighted by Gasteiger charge is -2.35. The van der Waals surface area contributed by atoms with Gasteiger partial charge in [-0.2, -0.15) is 0 Å². The molecule has 11 heteroatoms. The maximum atomic E-state index is 11.7. The number of carboxylic acids is 1. The zero-order valence-corrected chi connectivity index (χ0v) is 17.8. The number of β-amino-alcohol motifs (C(OH)–C–C–N with tert-alkyl or cyclic N) is 1. The molecule has 0 aromatic heterocycles. The van der Waals surface area contributed by atoms with Gasteiger partial charge in [0.2, 0.25) is 0 Å². The molecule has 0 unspecified atom stereocenters. The lowest BCUT2D eigenvalue weighted by molar-refractivity contribution is -0.270. The van der Waals surface area contributed by atoms with Crippen molar-refractivity contribution in [3.8, 4) is 0 Å². The smallest absolute Gasteiger partial charge is 0.308 e. The molecule has 0 aromatic carbocycles. The van der Waals surface area contributed by atoms with E-state index in [4.69, 9.17) is 14.9 Å². The minimum absolute atomic E-state index is 0.0398. The Bertz CT molecular complexity index is 700. The minimum Gasteiger partial charge on any atom is -0.481 e. The Morgan fingerprint density at radius 1 is 1.32 bits per heavy atom. The van der Waals surface area contributed by atoms with E-state index in [2.05, 4.69) is 0 Å². The van der Waals surface area contributed by atoms with E-state index in [1.165, 1.54) is 0 Å². The highest BCUT2D eigenvalue weighted by atomic mass is 16.7. The number of guanidine groups is 1. The number of nitrogens with one attached hydrogen (secondary N) is 1. The number of nitrogens with zero attached hydrogens (tertiary/aromatic N) is 2. The van der Waals surface area contributed by atoms with Crippen molar-refractivity contribution in [1.29, 1.82) is 5.41 Å². The molecule has 3 heterocycles. The molecule has 176 valence electrons. The lowest BCUT2D eigenvalue weighted by atomic mass is 9.98. The topological polar surface area (TPSA) is 167 Å². The van der Waals surface area contributed by atoms with E-state index in [1.54, 1.807) is 4.90 Å². The first-order valence-corrected chi connectivity index (χ1v) is 10.5. The van der Waals surface area contributed by atoms with Gasteiger partial charge in [0.15, 0.2) is 12.2 Å². The van der Waals surface area contributed by atoms with Gasteiger partial charge in [-0.3, -0.25) is 10.2 Å². The molecule has 3 aliphatic heterocycles. The fraction of sp³-hybridized carbons (Fsp3) is 0.800. The molecule has 3 fully saturated rings. The van der Waals surface area contributed by atoms with Crippen molar-refractivity contribution in [1.82, 2.24) is 9.80 Å². The number of carbonyl (C=O) groups is 1. The van der Waals surface area contributed by atoms with Crippen molar-refractivity contribution in [3.63, 3.8) is 0 Å². The van der Waals surface area contributed by atoms with Crippen LogP contribution in [0.25, 0.3) is 0 Å². The van der Waals surface area contributed by atoms with Crippen LogP contribution < -0.4 is 0 Å². The molecule has 3 aliphatic rings. The third-order valence-electron chi connectivity index (χ3n) is 6.09. The number of aliphatic carboxylic acids is 1. The Morgan fingerprint density at radius 3 is 2.68 bits per heavy atom. The Labute approximate surface area is 181 Å². The number of aliphatic hydroxyl groups excluding tert-OH is 4.